The lowest BCUT2D eigenvalue weighted by Crippen LogP contribution is -2.13. The molecule has 0 aliphatic carbocycles. The van der Waals surface area contributed by atoms with Crippen molar-refractivity contribution in [1.82, 2.24) is 0 Å². The molecule has 5 heteroatoms. The highest BCUT2D eigenvalue weighted by Crippen LogP contribution is 2.21. The molecule has 0 atom stereocenters. The van der Waals surface area contributed by atoms with Gasteiger partial charge in [0, 0.05) is 5.56 Å². The Balaban J connectivity index is 2.04. The highest BCUT2D eigenvalue weighted by molar-refractivity contribution is 5.97. The standard InChI is InChI=1S/C15H12F2O3/c1-19-11-7-5-10(6-8-11)14(18)9-20-15-12(16)3-2-4-13(15)17/h2-8H,9H2,1H3. The minimum Gasteiger partial charge on any atom is -0.497 e. The zero-order valence-electron chi connectivity index (χ0n) is 10.7. The van der Waals surface area contributed by atoms with Crippen molar-refractivity contribution in [2.75, 3.05) is 13.7 Å². The van der Waals surface area contributed by atoms with Gasteiger partial charge < -0.3 is 9.47 Å². The summed E-state index contributed by atoms with van der Waals surface area (Å²) in [4.78, 5) is 11.8. The lowest BCUT2D eigenvalue weighted by Gasteiger charge is -2.07. The third-order valence-electron chi connectivity index (χ3n) is 2.68. The van der Waals surface area contributed by atoms with Crippen LogP contribution in [0.4, 0.5) is 8.78 Å². The van der Waals surface area contributed by atoms with E-state index in [0.717, 1.165) is 12.1 Å². The van der Waals surface area contributed by atoms with Crippen LogP contribution in [0, 0.1) is 11.6 Å². The number of para-hydroxylation sites is 1. The summed E-state index contributed by atoms with van der Waals surface area (Å²) in [5.74, 6) is -1.99. The smallest absolute Gasteiger partial charge is 0.200 e. The minimum absolute atomic E-state index is 0.377. The lowest BCUT2D eigenvalue weighted by molar-refractivity contribution is 0.0915. The summed E-state index contributed by atoms with van der Waals surface area (Å²) in [6.45, 7) is -0.440. The van der Waals surface area contributed by atoms with Crippen molar-refractivity contribution in [3.63, 3.8) is 0 Å². The first-order chi connectivity index (χ1) is 9.61. The average Bonchev–Trinajstić information content (AvgIpc) is 2.46. The van der Waals surface area contributed by atoms with Crippen LogP contribution in [0.5, 0.6) is 11.5 Å². The van der Waals surface area contributed by atoms with Crippen LogP contribution >= 0.6 is 0 Å². The number of rotatable bonds is 5. The van der Waals surface area contributed by atoms with Gasteiger partial charge in [0.1, 0.15) is 5.75 Å². The van der Waals surface area contributed by atoms with Gasteiger partial charge in [0.05, 0.1) is 7.11 Å². The molecule has 0 radical (unpaired) electrons. The molecule has 0 saturated heterocycles. The molecule has 0 unspecified atom stereocenters. The van der Waals surface area contributed by atoms with Crippen molar-refractivity contribution in [3.8, 4) is 11.5 Å². The topological polar surface area (TPSA) is 35.5 Å². The van der Waals surface area contributed by atoms with E-state index in [9.17, 15) is 13.6 Å². The first kappa shape index (κ1) is 14.0. The molecule has 0 N–H and O–H groups in total. The SMILES string of the molecule is COc1ccc(C(=O)COc2c(F)cccc2F)cc1. The van der Waals surface area contributed by atoms with Crippen LogP contribution in [0.1, 0.15) is 10.4 Å². The molecule has 2 aromatic carbocycles. The van der Waals surface area contributed by atoms with Crippen molar-refractivity contribution >= 4 is 5.78 Å². The zero-order valence-corrected chi connectivity index (χ0v) is 10.7. The summed E-state index contributed by atoms with van der Waals surface area (Å²) in [5.41, 5.74) is 0.377. The Labute approximate surface area is 114 Å². The molecule has 20 heavy (non-hydrogen) atoms. The quantitative estimate of drug-likeness (QED) is 0.788. The third kappa shape index (κ3) is 3.12. The van der Waals surface area contributed by atoms with Crippen LogP contribution in [0.3, 0.4) is 0 Å². The molecule has 0 bridgehead atoms. The van der Waals surface area contributed by atoms with Gasteiger partial charge in [-0.3, -0.25) is 4.79 Å². The van der Waals surface area contributed by atoms with Gasteiger partial charge in [-0.05, 0) is 36.4 Å². The van der Waals surface area contributed by atoms with Crippen molar-refractivity contribution in [1.29, 1.82) is 0 Å². The van der Waals surface area contributed by atoms with Gasteiger partial charge in [-0.2, -0.15) is 0 Å². The van der Waals surface area contributed by atoms with E-state index in [-0.39, 0.29) is 5.78 Å². The second kappa shape index (κ2) is 6.14. The average molecular weight is 278 g/mol. The normalized spacial score (nSPS) is 10.2. The molecule has 2 aromatic rings. The van der Waals surface area contributed by atoms with Crippen LogP contribution < -0.4 is 9.47 Å². The molecule has 0 saturated carbocycles. The summed E-state index contributed by atoms with van der Waals surface area (Å²) < 4.78 is 36.5. The number of ketones is 1. The number of carbonyl (C=O) groups excluding carboxylic acids is 1. The summed E-state index contributed by atoms with van der Waals surface area (Å²) >= 11 is 0. The van der Waals surface area contributed by atoms with Crippen LogP contribution in [0.2, 0.25) is 0 Å². The van der Waals surface area contributed by atoms with E-state index in [0.29, 0.717) is 11.3 Å². The van der Waals surface area contributed by atoms with Crippen molar-refractivity contribution in [2.45, 2.75) is 0 Å². The van der Waals surface area contributed by atoms with Crippen LogP contribution in [0.15, 0.2) is 42.5 Å². The molecule has 0 aliphatic heterocycles. The third-order valence-corrected chi connectivity index (χ3v) is 2.68. The van der Waals surface area contributed by atoms with Gasteiger partial charge in [0.15, 0.2) is 29.8 Å². The van der Waals surface area contributed by atoms with E-state index < -0.39 is 24.0 Å². The van der Waals surface area contributed by atoms with E-state index in [1.54, 1.807) is 24.3 Å². The Morgan fingerprint density at radius 1 is 1.05 bits per heavy atom. The number of carbonyl (C=O) groups is 1. The Bertz CT molecular complexity index is 589. The Morgan fingerprint density at radius 3 is 2.20 bits per heavy atom. The van der Waals surface area contributed by atoms with Crippen molar-refractivity contribution < 1.29 is 23.0 Å². The summed E-state index contributed by atoms with van der Waals surface area (Å²) in [7, 11) is 1.51. The Hall–Kier alpha value is -2.43. The van der Waals surface area contributed by atoms with Gasteiger partial charge in [-0.25, -0.2) is 8.78 Å². The zero-order chi connectivity index (χ0) is 14.5. The Morgan fingerprint density at radius 2 is 1.65 bits per heavy atom. The molecule has 2 rings (SSSR count). The molecule has 0 amide bonds. The van der Waals surface area contributed by atoms with Gasteiger partial charge in [0.2, 0.25) is 0 Å². The summed E-state index contributed by atoms with van der Waals surface area (Å²) in [5, 5.41) is 0. The second-order valence-electron chi connectivity index (χ2n) is 3.99. The second-order valence-corrected chi connectivity index (χ2v) is 3.99. The van der Waals surface area contributed by atoms with E-state index in [4.69, 9.17) is 9.47 Å². The van der Waals surface area contributed by atoms with Crippen LogP contribution in [0.25, 0.3) is 0 Å². The van der Waals surface area contributed by atoms with Gasteiger partial charge in [-0.15, -0.1) is 0 Å². The number of methoxy groups -OCH3 is 1. The molecule has 0 aliphatic rings. The molecule has 0 aromatic heterocycles. The number of hydrogen-bond acceptors (Lipinski definition) is 3. The Kier molecular flexibility index (Phi) is 4.30. The van der Waals surface area contributed by atoms with Crippen molar-refractivity contribution in [2.24, 2.45) is 0 Å². The molecular formula is C15H12F2O3. The van der Waals surface area contributed by atoms with Gasteiger partial charge >= 0.3 is 0 Å². The highest BCUT2D eigenvalue weighted by atomic mass is 19.1. The van der Waals surface area contributed by atoms with Gasteiger partial charge in [0.25, 0.3) is 0 Å². The predicted molar refractivity (Wildman–Crippen MR) is 69.2 cm³/mol. The summed E-state index contributed by atoms with van der Waals surface area (Å²) in [6.07, 6.45) is 0. The summed E-state index contributed by atoms with van der Waals surface area (Å²) in [6, 6.07) is 9.72. The van der Waals surface area contributed by atoms with E-state index >= 15 is 0 Å². The van der Waals surface area contributed by atoms with E-state index in [2.05, 4.69) is 0 Å². The fourth-order valence-corrected chi connectivity index (χ4v) is 1.62. The van der Waals surface area contributed by atoms with Crippen molar-refractivity contribution in [3.05, 3.63) is 59.7 Å². The number of halogens is 2. The number of benzene rings is 2. The van der Waals surface area contributed by atoms with E-state index in [1.165, 1.54) is 13.2 Å². The highest BCUT2D eigenvalue weighted by Gasteiger charge is 2.13. The number of ether oxygens (including phenoxy) is 2. The number of hydrogen-bond donors (Lipinski definition) is 0. The maximum Gasteiger partial charge on any atom is 0.200 e. The molecule has 0 spiro atoms. The molecule has 3 nitrogen and oxygen atoms in total. The first-order valence-corrected chi connectivity index (χ1v) is 5.86. The van der Waals surface area contributed by atoms with Crippen LogP contribution in [-0.2, 0) is 0 Å². The van der Waals surface area contributed by atoms with Gasteiger partial charge in [-0.1, -0.05) is 6.07 Å². The monoisotopic (exact) mass is 278 g/mol. The fraction of sp³-hybridized carbons (Fsp3) is 0.133. The van der Waals surface area contributed by atoms with E-state index in [1.807, 2.05) is 0 Å². The predicted octanol–water partition coefficient (Wildman–Crippen LogP) is 3.24. The first-order valence-electron chi connectivity index (χ1n) is 5.86. The molecule has 0 fully saturated rings. The molecule has 104 valence electrons. The lowest BCUT2D eigenvalue weighted by atomic mass is 10.1. The largest absolute Gasteiger partial charge is 0.497 e. The number of Topliss-reactive ketones (excluding diaryl/α,β-unsaturated/α-hetero) is 1. The molecular weight excluding hydrogens is 266 g/mol. The molecule has 0 heterocycles. The van der Waals surface area contributed by atoms with Crippen LogP contribution in [-0.4, -0.2) is 19.5 Å². The minimum atomic E-state index is -0.840. The fourth-order valence-electron chi connectivity index (χ4n) is 1.62. The maximum absolute atomic E-state index is 13.3. The maximum atomic E-state index is 13.3.